The minimum Gasteiger partial charge on any atom is -0.328 e. The average molecular weight is 307 g/mol. The van der Waals surface area contributed by atoms with Crippen LogP contribution in [0.2, 0.25) is 0 Å². The highest BCUT2D eigenvalue weighted by atomic mass is 79.9. The zero-order valence-corrected chi connectivity index (χ0v) is 12.3. The van der Waals surface area contributed by atoms with Crippen LogP contribution >= 0.6 is 15.9 Å². The van der Waals surface area contributed by atoms with Crippen LogP contribution in [-0.2, 0) is 6.54 Å². The summed E-state index contributed by atoms with van der Waals surface area (Å²) >= 11 is 3.51. The fraction of sp³-hybridized carbons (Fsp3) is 0.286. The minimum absolute atomic E-state index is 0.0273. The molecular formula is C14H15BrN2O. The van der Waals surface area contributed by atoms with Gasteiger partial charge in [-0.05, 0) is 44.0 Å². The standard InChI is InChI=1S/C14H15BrN2O/c1-4-17-6-5-16-14(17)13(18)11-7-9(2)12(15)10(3)8-11/h5-8H,4H2,1-3H3. The Bertz CT molecular complexity index is 579. The normalized spacial score (nSPS) is 10.7. The zero-order chi connectivity index (χ0) is 13.3. The highest BCUT2D eigenvalue weighted by Gasteiger charge is 2.16. The molecule has 2 aromatic rings. The molecule has 1 aromatic heterocycles. The van der Waals surface area contributed by atoms with Gasteiger partial charge in [0.05, 0.1) is 0 Å². The highest BCUT2D eigenvalue weighted by molar-refractivity contribution is 9.10. The van der Waals surface area contributed by atoms with Crippen molar-refractivity contribution >= 4 is 21.7 Å². The van der Waals surface area contributed by atoms with Crippen LogP contribution in [0.5, 0.6) is 0 Å². The summed E-state index contributed by atoms with van der Waals surface area (Å²) < 4.78 is 2.91. The van der Waals surface area contributed by atoms with Crippen molar-refractivity contribution in [2.45, 2.75) is 27.3 Å². The molecule has 0 spiro atoms. The Morgan fingerprint density at radius 2 is 1.94 bits per heavy atom. The zero-order valence-electron chi connectivity index (χ0n) is 10.7. The number of hydrogen-bond acceptors (Lipinski definition) is 2. The third-order valence-electron chi connectivity index (χ3n) is 2.96. The Balaban J connectivity index is 2.47. The summed E-state index contributed by atoms with van der Waals surface area (Å²) in [6.07, 6.45) is 3.49. The molecule has 18 heavy (non-hydrogen) atoms. The van der Waals surface area contributed by atoms with E-state index in [-0.39, 0.29) is 5.78 Å². The Labute approximate surface area is 115 Å². The van der Waals surface area contributed by atoms with E-state index in [0.29, 0.717) is 11.4 Å². The van der Waals surface area contributed by atoms with E-state index in [2.05, 4.69) is 20.9 Å². The molecule has 4 heteroatoms. The number of benzene rings is 1. The Hall–Kier alpha value is -1.42. The van der Waals surface area contributed by atoms with E-state index in [9.17, 15) is 4.79 Å². The van der Waals surface area contributed by atoms with Crippen LogP contribution in [0, 0.1) is 13.8 Å². The predicted molar refractivity (Wildman–Crippen MR) is 74.9 cm³/mol. The highest BCUT2D eigenvalue weighted by Crippen LogP contribution is 2.23. The molecule has 0 saturated carbocycles. The quantitative estimate of drug-likeness (QED) is 0.813. The predicted octanol–water partition coefficient (Wildman–Crippen LogP) is 3.51. The first-order chi connectivity index (χ1) is 8.54. The van der Waals surface area contributed by atoms with Crippen LogP contribution in [0.15, 0.2) is 29.0 Å². The number of hydrogen-bond donors (Lipinski definition) is 0. The van der Waals surface area contributed by atoms with Gasteiger partial charge in [0.1, 0.15) is 0 Å². The molecule has 0 saturated heterocycles. The van der Waals surface area contributed by atoms with Crippen molar-refractivity contribution in [3.63, 3.8) is 0 Å². The van der Waals surface area contributed by atoms with E-state index in [1.165, 1.54) is 0 Å². The monoisotopic (exact) mass is 306 g/mol. The van der Waals surface area contributed by atoms with Gasteiger partial charge in [0.2, 0.25) is 5.78 Å². The van der Waals surface area contributed by atoms with Gasteiger partial charge in [-0.15, -0.1) is 0 Å². The molecule has 2 rings (SSSR count). The Morgan fingerprint density at radius 1 is 1.33 bits per heavy atom. The third-order valence-corrected chi connectivity index (χ3v) is 4.21. The SMILES string of the molecule is CCn1ccnc1C(=O)c1cc(C)c(Br)c(C)c1. The van der Waals surface area contributed by atoms with Gasteiger partial charge in [0, 0.05) is 29.0 Å². The minimum atomic E-state index is -0.0273. The molecule has 0 amide bonds. The first-order valence-corrected chi connectivity index (χ1v) is 6.66. The lowest BCUT2D eigenvalue weighted by Gasteiger charge is -2.08. The lowest BCUT2D eigenvalue weighted by molar-refractivity contribution is 0.102. The molecule has 0 N–H and O–H groups in total. The van der Waals surface area contributed by atoms with Crippen LogP contribution in [0.1, 0.15) is 34.2 Å². The summed E-state index contributed by atoms with van der Waals surface area (Å²) in [7, 11) is 0. The molecule has 0 fully saturated rings. The number of nitrogens with zero attached hydrogens (tertiary/aromatic N) is 2. The maximum atomic E-state index is 12.4. The van der Waals surface area contributed by atoms with Crippen LogP contribution in [0.4, 0.5) is 0 Å². The fourth-order valence-electron chi connectivity index (χ4n) is 1.98. The lowest BCUT2D eigenvalue weighted by atomic mass is 10.0. The van der Waals surface area contributed by atoms with Gasteiger partial charge in [-0.1, -0.05) is 15.9 Å². The van der Waals surface area contributed by atoms with Crippen LogP contribution in [0.3, 0.4) is 0 Å². The topological polar surface area (TPSA) is 34.9 Å². The number of aryl methyl sites for hydroxylation is 3. The van der Waals surface area contributed by atoms with E-state index in [1.54, 1.807) is 6.20 Å². The number of rotatable bonds is 3. The molecule has 3 nitrogen and oxygen atoms in total. The molecule has 1 heterocycles. The second-order valence-corrected chi connectivity index (χ2v) is 5.08. The summed E-state index contributed by atoms with van der Waals surface area (Å²) in [5.41, 5.74) is 2.81. The van der Waals surface area contributed by atoms with E-state index >= 15 is 0 Å². The molecule has 0 atom stereocenters. The number of halogens is 1. The number of imidazole rings is 1. The Morgan fingerprint density at radius 3 is 2.50 bits per heavy atom. The molecule has 0 bridgehead atoms. The molecule has 0 unspecified atom stereocenters. The van der Waals surface area contributed by atoms with Crippen LogP contribution in [-0.4, -0.2) is 15.3 Å². The van der Waals surface area contributed by atoms with E-state index in [1.807, 2.05) is 43.7 Å². The molecule has 0 aliphatic carbocycles. The van der Waals surface area contributed by atoms with E-state index < -0.39 is 0 Å². The first kappa shape index (κ1) is 13.0. The van der Waals surface area contributed by atoms with Gasteiger partial charge in [-0.3, -0.25) is 4.79 Å². The molecule has 1 aromatic carbocycles. The number of carbonyl (C=O) groups excluding carboxylic acids is 1. The van der Waals surface area contributed by atoms with Crippen LogP contribution in [0.25, 0.3) is 0 Å². The van der Waals surface area contributed by atoms with Gasteiger partial charge >= 0.3 is 0 Å². The molecule has 0 radical (unpaired) electrons. The smallest absolute Gasteiger partial charge is 0.228 e. The summed E-state index contributed by atoms with van der Waals surface area (Å²) in [6, 6.07) is 3.79. The maximum Gasteiger partial charge on any atom is 0.228 e. The maximum absolute atomic E-state index is 12.4. The fourth-order valence-corrected chi connectivity index (χ4v) is 2.21. The van der Waals surface area contributed by atoms with Gasteiger partial charge < -0.3 is 4.57 Å². The van der Waals surface area contributed by atoms with Gasteiger partial charge in [0.15, 0.2) is 5.82 Å². The molecule has 0 aliphatic rings. The lowest BCUT2D eigenvalue weighted by Crippen LogP contribution is -2.11. The molecular weight excluding hydrogens is 292 g/mol. The van der Waals surface area contributed by atoms with Gasteiger partial charge in [-0.2, -0.15) is 0 Å². The van der Waals surface area contributed by atoms with Crippen molar-refractivity contribution in [1.82, 2.24) is 9.55 Å². The molecule has 94 valence electrons. The number of carbonyl (C=O) groups is 1. The van der Waals surface area contributed by atoms with E-state index in [0.717, 1.165) is 22.1 Å². The number of aromatic nitrogens is 2. The van der Waals surface area contributed by atoms with Crippen molar-refractivity contribution in [2.24, 2.45) is 0 Å². The molecule has 0 aliphatic heterocycles. The van der Waals surface area contributed by atoms with Crippen molar-refractivity contribution in [2.75, 3.05) is 0 Å². The summed E-state index contributed by atoms with van der Waals surface area (Å²) in [5.74, 6) is 0.471. The summed E-state index contributed by atoms with van der Waals surface area (Å²) in [4.78, 5) is 16.6. The Kier molecular flexibility index (Phi) is 3.66. The number of ketones is 1. The second-order valence-electron chi connectivity index (χ2n) is 4.29. The summed E-state index contributed by atoms with van der Waals surface area (Å²) in [6.45, 7) is 6.71. The second kappa shape index (κ2) is 5.06. The van der Waals surface area contributed by atoms with Gasteiger partial charge in [-0.25, -0.2) is 4.98 Å². The first-order valence-electron chi connectivity index (χ1n) is 5.87. The van der Waals surface area contributed by atoms with Crippen molar-refractivity contribution in [1.29, 1.82) is 0 Å². The van der Waals surface area contributed by atoms with Crippen LogP contribution < -0.4 is 0 Å². The summed E-state index contributed by atoms with van der Waals surface area (Å²) in [5, 5.41) is 0. The van der Waals surface area contributed by atoms with E-state index in [4.69, 9.17) is 0 Å². The average Bonchev–Trinajstić information content (AvgIpc) is 2.82. The van der Waals surface area contributed by atoms with Crippen molar-refractivity contribution in [3.05, 3.63) is 51.5 Å². The van der Waals surface area contributed by atoms with Crippen molar-refractivity contribution in [3.8, 4) is 0 Å². The third kappa shape index (κ3) is 2.25. The van der Waals surface area contributed by atoms with Crippen molar-refractivity contribution < 1.29 is 4.79 Å². The van der Waals surface area contributed by atoms with Gasteiger partial charge in [0.25, 0.3) is 0 Å². The largest absolute Gasteiger partial charge is 0.328 e.